The Balaban J connectivity index is 1.23. The van der Waals surface area contributed by atoms with Crippen molar-refractivity contribution in [3.8, 4) is 44.6 Å². The number of aromatic nitrogens is 6. The second kappa shape index (κ2) is 7.72. The van der Waals surface area contributed by atoms with Crippen LogP contribution in [0.3, 0.4) is 0 Å². The summed E-state index contributed by atoms with van der Waals surface area (Å²) in [4.78, 5) is 26.3. The van der Waals surface area contributed by atoms with E-state index < -0.39 is 0 Å². The zero-order valence-electron chi connectivity index (χ0n) is 17.7. The van der Waals surface area contributed by atoms with Gasteiger partial charge in [-0.05, 0) is 53.6 Å². The molecule has 0 bridgehead atoms. The summed E-state index contributed by atoms with van der Waals surface area (Å²) in [6, 6.07) is 20.7. The number of thiophene rings is 1. The van der Waals surface area contributed by atoms with E-state index in [-0.39, 0.29) is 0 Å². The molecule has 0 radical (unpaired) electrons. The number of pyridine rings is 1. The lowest BCUT2D eigenvalue weighted by molar-refractivity contribution is 1.27. The minimum Gasteiger partial charge on any atom is -0.337 e. The van der Waals surface area contributed by atoms with Crippen molar-refractivity contribution in [3.05, 3.63) is 83.1 Å². The van der Waals surface area contributed by atoms with E-state index in [9.17, 15) is 0 Å². The van der Waals surface area contributed by atoms with Crippen LogP contribution in [0.1, 0.15) is 0 Å². The lowest BCUT2D eigenvalue weighted by atomic mass is 10.0. The third-order valence-corrected chi connectivity index (χ3v) is 7.29. The van der Waals surface area contributed by atoms with Crippen molar-refractivity contribution in [2.45, 2.75) is 0 Å². The van der Waals surface area contributed by atoms with Crippen LogP contribution < -0.4 is 0 Å². The average Bonchev–Trinajstić information content (AvgIpc) is 3.68. The quantitative estimate of drug-likeness (QED) is 0.286. The van der Waals surface area contributed by atoms with Gasteiger partial charge in [0.25, 0.3) is 0 Å². The smallest absolute Gasteiger partial charge is 0.158 e. The van der Waals surface area contributed by atoms with Crippen LogP contribution in [0, 0.1) is 0 Å². The summed E-state index contributed by atoms with van der Waals surface area (Å²) in [7, 11) is 0. The molecule has 6 nitrogen and oxygen atoms in total. The predicted octanol–water partition coefficient (Wildman–Crippen LogP) is 7.02. The first kappa shape index (κ1) is 19.3. The summed E-state index contributed by atoms with van der Waals surface area (Å²) in [5.41, 5.74) is 10.9. The first-order chi connectivity index (χ1) is 16.8. The third kappa shape index (κ3) is 3.32. The third-order valence-electron chi connectivity index (χ3n) is 5.77. The van der Waals surface area contributed by atoms with Gasteiger partial charge in [0, 0.05) is 22.5 Å². The summed E-state index contributed by atoms with van der Waals surface area (Å²) < 4.78 is 0. The number of thiazole rings is 1. The first-order valence-corrected chi connectivity index (χ1v) is 12.5. The van der Waals surface area contributed by atoms with Gasteiger partial charge in [0.2, 0.25) is 0 Å². The van der Waals surface area contributed by atoms with E-state index in [4.69, 9.17) is 4.98 Å². The topological polar surface area (TPSA) is 83.1 Å². The van der Waals surface area contributed by atoms with Crippen molar-refractivity contribution >= 4 is 44.7 Å². The predicted molar refractivity (Wildman–Crippen MR) is 139 cm³/mol. The summed E-state index contributed by atoms with van der Waals surface area (Å²) in [6.07, 6.45) is 1.82. The number of fused-ring (bicyclic) bond motifs is 2. The van der Waals surface area contributed by atoms with Gasteiger partial charge in [-0.15, -0.1) is 22.7 Å². The van der Waals surface area contributed by atoms with Crippen molar-refractivity contribution in [1.29, 1.82) is 0 Å². The maximum Gasteiger partial charge on any atom is 0.158 e. The Bertz CT molecular complexity index is 1760. The van der Waals surface area contributed by atoms with Crippen molar-refractivity contribution in [2.75, 3.05) is 0 Å². The minimum absolute atomic E-state index is 0.795. The normalized spacial score (nSPS) is 11.5. The summed E-state index contributed by atoms with van der Waals surface area (Å²) in [6.45, 7) is 0. The van der Waals surface area contributed by atoms with Gasteiger partial charge in [-0.25, -0.2) is 15.0 Å². The average molecular weight is 477 g/mol. The molecule has 8 heteroatoms. The van der Waals surface area contributed by atoms with Crippen LogP contribution in [0.15, 0.2) is 83.1 Å². The van der Waals surface area contributed by atoms with Crippen molar-refractivity contribution in [3.63, 3.8) is 0 Å². The lowest BCUT2D eigenvalue weighted by Crippen LogP contribution is -1.79. The monoisotopic (exact) mass is 476 g/mol. The van der Waals surface area contributed by atoms with E-state index in [1.165, 1.54) is 0 Å². The molecule has 162 valence electrons. The molecule has 7 aromatic rings. The Morgan fingerprint density at radius 2 is 1.41 bits per heavy atom. The molecule has 0 spiro atoms. The number of aromatic amines is 2. The number of rotatable bonds is 4. The van der Waals surface area contributed by atoms with Gasteiger partial charge >= 0.3 is 0 Å². The summed E-state index contributed by atoms with van der Waals surface area (Å²) >= 11 is 3.23. The highest BCUT2D eigenvalue weighted by Crippen LogP contribution is 2.33. The molecule has 0 unspecified atom stereocenters. The fourth-order valence-corrected chi connectivity index (χ4v) is 5.46. The van der Waals surface area contributed by atoms with Crippen LogP contribution in [0.4, 0.5) is 0 Å². The highest BCUT2D eigenvalue weighted by molar-refractivity contribution is 7.14. The molecule has 0 amide bonds. The van der Waals surface area contributed by atoms with Crippen molar-refractivity contribution in [1.82, 2.24) is 29.9 Å². The van der Waals surface area contributed by atoms with Gasteiger partial charge < -0.3 is 9.97 Å². The molecule has 5 heterocycles. The Morgan fingerprint density at radius 3 is 2.12 bits per heavy atom. The molecule has 0 fully saturated rings. The van der Waals surface area contributed by atoms with Gasteiger partial charge in [-0.2, -0.15) is 0 Å². The van der Waals surface area contributed by atoms with Crippen LogP contribution in [0.2, 0.25) is 0 Å². The number of nitrogens with one attached hydrogen (secondary N) is 2. The molecule has 34 heavy (non-hydrogen) atoms. The maximum absolute atomic E-state index is 4.82. The second-order valence-corrected chi connectivity index (χ2v) is 9.55. The number of benzene rings is 2. The highest BCUT2D eigenvalue weighted by atomic mass is 32.1. The fraction of sp³-hybridized carbons (Fsp3) is 0. The summed E-state index contributed by atoms with van der Waals surface area (Å²) in [5, 5.41) is 4.12. The number of imidazole rings is 2. The van der Waals surface area contributed by atoms with Crippen LogP contribution in [-0.4, -0.2) is 29.9 Å². The van der Waals surface area contributed by atoms with Crippen LogP contribution >= 0.6 is 22.7 Å². The van der Waals surface area contributed by atoms with E-state index in [0.717, 1.165) is 66.7 Å². The van der Waals surface area contributed by atoms with Crippen molar-refractivity contribution < 1.29 is 0 Å². The van der Waals surface area contributed by atoms with E-state index >= 15 is 0 Å². The minimum atomic E-state index is 0.795. The van der Waals surface area contributed by atoms with E-state index in [1.54, 1.807) is 22.7 Å². The molecule has 0 aliphatic heterocycles. The summed E-state index contributed by atoms with van der Waals surface area (Å²) in [5.74, 6) is 1.67. The van der Waals surface area contributed by atoms with E-state index in [1.807, 2.05) is 41.4 Å². The Hall–Kier alpha value is -4.14. The van der Waals surface area contributed by atoms with Gasteiger partial charge in [-0.3, -0.25) is 4.98 Å². The molecule has 2 aromatic carbocycles. The zero-order valence-corrected chi connectivity index (χ0v) is 19.3. The van der Waals surface area contributed by atoms with Gasteiger partial charge in [0.15, 0.2) is 5.82 Å². The molecule has 5 aromatic heterocycles. The van der Waals surface area contributed by atoms with Crippen LogP contribution in [0.25, 0.3) is 66.7 Å². The molecule has 2 N–H and O–H groups in total. The number of hydrogen-bond acceptors (Lipinski definition) is 6. The van der Waals surface area contributed by atoms with Crippen LogP contribution in [0.5, 0.6) is 0 Å². The molecule has 0 saturated carbocycles. The molecular weight excluding hydrogens is 460 g/mol. The Morgan fingerprint density at radius 1 is 0.647 bits per heavy atom. The van der Waals surface area contributed by atoms with E-state index in [0.29, 0.717) is 0 Å². The first-order valence-electron chi connectivity index (χ1n) is 10.7. The molecule has 0 atom stereocenters. The van der Waals surface area contributed by atoms with Gasteiger partial charge in [0.05, 0.1) is 38.1 Å². The molecule has 0 aliphatic carbocycles. The van der Waals surface area contributed by atoms with Crippen LogP contribution in [-0.2, 0) is 0 Å². The number of nitrogens with zero attached hydrogens (tertiary/aromatic N) is 4. The number of H-pyrrole nitrogens is 2. The molecule has 7 rings (SSSR count). The number of hydrogen-bond donors (Lipinski definition) is 2. The molecule has 0 aliphatic rings. The molecular formula is C26H16N6S2. The van der Waals surface area contributed by atoms with Crippen molar-refractivity contribution in [2.24, 2.45) is 0 Å². The fourth-order valence-electron chi connectivity index (χ4n) is 4.07. The lowest BCUT2D eigenvalue weighted by Gasteiger charge is -2.01. The standard InChI is InChI=1S/C26H16N6S2/c1-2-8-27-18(3-1)17-11-24(34-12-17)26-30-20-7-5-16(10-22(20)32-26)15-4-6-19-21(9-15)31-25(29-19)23-13-33-14-28-23/h1-14H,(H,29,31)(H,30,32). The van der Waals surface area contributed by atoms with Gasteiger partial charge in [0.1, 0.15) is 11.5 Å². The largest absolute Gasteiger partial charge is 0.337 e. The highest BCUT2D eigenvalue weighted by Gasteiger charge is 2.12. The maximum atomic E-state index is 4.82. The second-order valence-electron chi connectivity index (χ2n) is 7.92. The van der Waals surface area contributed by atoms with E-state index in [2.05, 4.69) is 66.7 Å². The molecule has 0 saturated heterocycles. The zero-order chi connectivity index (χ0) is 22.5. The Labute approximate surface area is 202 Å². The van der Waals surface area contributed by atoms with Gasteiger partial charge in [-0.1, -0.05) is 18.2 Å². The SMILES string of the molecule is c1ccc(-c2csc(-c3nc4ccc(-c5ccc6nc(-c7cscn7)[nH]c6c5)cc4[nH]3)c2)nc1. The Kier molecular flexibility index (Phi) is 4.39.